The molecular weight excluding hydrogens is 206 g/mol. The van der Waals surface area contributed by atoms with Gasteiger partial charge in [0, 0.05) is 18.9 Å². The molecule has 0 saturated carbocycles. The van der Waals surface area contributed by atoms with Crippen molar-refractivity contribution in [1.29, 1.82) is 0 Å². The highest BCUT2D eigenvalue weighted by atomic mass is 15.3. The zero-order chi connectivity index (χ0) is 11.7. The van der Waals surface area contributed by atoms with Crippen LogP contribution in [-0.4, -0.2) is 27.0 Å². The van der Waals surface area contributed by atoms with Gasteiger partial charge in [-0.05, 0) is 13.0 Å². The number of H-pyrrole nitrogens is 1. The van der Waals surface area contributed by atoms with Gasteiger partial charge < -0.3 is 21.4 Å². The van der Waals surface area contributed by atoms with E-state index in [1.807, 2.05) is 26.2 Å². The number of nitrogens with zero attached hydrogens (tertiary/aromatic N) is 4. The second-order valence-electron chi connectivity index (χ2n) is 3.40. The lowest BCUT2D eigenvalue weighted by atomic mass is 10.4. The van der Waals surface area contributed by atoms with Crippen LogP contribution in [0.5, 0.6) is 0 Å². The van der Waals surface area contributed by atoms with E-state index in [0.717, 1.165) is 11.4 Å². The van der Waals surface area contributed by atoms with Crippen molar-refractivity contribution in [3.8, 4) is 0 Å². The van der Waals surface area contributed by atoms with Gasteiger partial charge >= 0.3 is 0 Å². The quantitative estimate of drug-likeness (QED) is 0.676. The first kappa shape index (κ1) is 10.2. The number of nitrogen functional groups attached to an aromatic ring is 2. The van der Waals surface area contributed by atoms with Crippen LogP contribution in [0, 0.1) is 6.92 Å². The molecule has 0 unspecified atom stereocenters. The number of hydrogen-bond acceptors (Lipinski definition) is 6. The lowest BCUT2D eigenvalue weighted by Gasteiger charge is -2.16. The molecule has 2 rings (SSSR count). The fraction of sp³-hybridized carbons (Fsp3) is 0.222. The van der Waals surface area contributed by atoms with Crippen LogP contribution in [-0.2, 0) is 0 Å². The minimum atomic E-state index is 0.113. The summed E-state index contributed by atoms with van der Waals surface area (Å²) in [5.41, 5.74) is 13.0. The Morgan fingerprint density at radius 2 is 1.81 bits per heavy atom. The first-order valence-corrected chi connectivity index (χ1v) is 4.72. The van der Waals surface area contributed by atoms with Crippen molar-refractivity contribution >= 4 is 23.5 Å². The largest absolute Gasteiger partial charge is 0.368 e. The average molecular weight is 219 g/mol. The van der Waals surface area contributed by atoms with Gasteiger partial charge in [-0.2, -0.15) is 15.0 Å². The van der Waals surface area contributed by atoms with Crippen LogP contribution in [0.2, 0.25) is 0 Å². The van der Waals surface area contributed by atoms with Crippen molar-refractivity contribution in [3.05, 3.63) is 18.0 Å². The second-order valence-corrected chi connectivity index (χ2v) is 3.40. The number of anilines is 4. The highest BCUT2D eigenvalue weighted by Gasteiger charge is 2.11. The fourth-order valence-electron chi connectivity index (χ4n) is 1.46. The first-order chi connectivity index (χ1) is 7.58. The van der Waals surface area contributed by atoms with Crippen LogP contribution in [0.25, 0.3) is 0 Å². The number of rotatable bonds is 2. The maximum atomic E-state index is 5.51. The van der Waals surface area contributed by atoms with Crippen LogP contribution in [0.3, 0.4) is 0 Å². The van der Waals surface area contributed by atoms with Crippen LogP contribution >= 0.6 is 0 Å². The van der Waals surface area contributed by atoms with E-state index in [-0.39, 0.29) is 11.9 Å². The predicted molar refractivity (Wildman–Crippen MR) is 62.2 cm³/mol. The Morgan fingerprint density at radius 3 is 2.31 bits per heavy atom. The number of aryl methyl sites for hydroxylation is 1. The topological polar surface area (TPSA) is 110 Å². The van der Waals surface area contributed by atoms with Crippen molar-refractivity contribution in [3.63, 3.8) is 0 Å². The Labute approximate surface area is 92.5 Å². The molecule has 2 aromatic heterocycles. The van der Waals surface area contributed by atoms with E-state index < -0.39 is 0 Å². The zero-order valence-electron chi connectivity index (χ0n) is 9.10. The molecule has 16 heavy (non-hydrogen) atoms. The summed E-state index contributed by atoms with van der Waals surface area (Å²) in [6.45, 7) is 1.96. The summed E-state index contributed by atoms with van der Waals surface area (Å²) in [5, 5.41) is 0. The normalized spacial score (nSPS) is 10.4. The molecule has 0 bridgehead atoms. The van der Waals surface area contributed by atoms with Crippen molar-refractivity contribution in [2.75, 3.05) is 23.4 Å². The summed E-state index contributed by atoms with van der Waals surface area (Å²) in [5.74, 6) is 0.651. The molecule has 0 amide bonds. The van der Waals surface area contributed by atoms with Gasteiger partial charge in [0.05, 0.1) is 5.69 Å². The standard InChI is InChI=1S/C9H13N7/c1-5-6(3-4-12-5)16(2)9-14-7(10)13-8(11)15-9/h3-4,12H,1-2H3,(H4,10,11,13,14,15). The number of aromatic amines is 1. The molecule has 2 aromatic rings. The zero-order valence-corrected chi connectivity index (χ0v) is 9.10. The third-order valence-electron chi connectivity index (χ3n) is 2.24. The molecule has 7 heteroatoms. The molecule has 7 nitrogen and oxygen atoms in total. The summed E-state index contributed by atoms with van der Waals surface area (Å²) < 4.78 is 0. The Balaban J connectivity index is 2.41. The number of aromatic nitrogens is 4. The lowest BCUT2D eigenvalue weighted by Crippen LogP contribution is -2.16. The Bertz CT molecular complexity index is 484. The number of hydrogen-bond donors (Lipinski definition) is 3. The van der Waals surface area contributed by atoms with Gasteiger partial charge in [-0.15, -0.1) is 0 Å². The SMILES string of the molecule is Cc1[nH]ccc1N(C)c1nc(N)nc(N)n1. The molecule has 2 heterocycles. The predicted octanol–water partition coefficient (Wildman–Crippen LogP) is 0.440. The van der Waals surface area contributed by atoms with E-state index in [9.17, 15) is 0 Å². The summed E-state index contributed by atoms with van der Waals surface area (Å²) >= 11 is 0. The third-order valence-corrected chi connectivity index (χ3v) is 2.24. The smallest absolute Gasteiger partial charge is 0.236 e. The molecule has 0 fully saturated rings. The Kier molecular flexibility index (Phi) is 2.35. The number of nitrogens with one attached hydrogen (secondary N) is 1. The van der Waals surface area contributed by atoms with Gasteiger partial charge in [-0.1, -0.05) is 0 Å². The summed E-state index contributed by atoms with van der Waals surface area (Å²) in [7, 11) is 1.84. The van der Waals surface area contributed by atoms with Crippen molar-refractivity contribution in [2.45, 2.75) is 6.92 Å². The van der Waals surface area contributed by atoms with Crippen LogP contribution in [0.15, 0.2) is 12.3 Å². The maximum absolute atomic E-state index is 5.51. The molecule has 0 aliphatic carbocycles. The van der Waals surface area contributed by atoms with Crippen molar-refractivity contribution < 1.29 is 0 Å². The summed E-state index contributed by atoms with van der Waals surface area (Å²) in [6.07, 6.45) is 1.84. The molecule has 5 N–H and O–H groups in total. The van der Waals surface area contributed by atoms with Crippen molar-refractivity contribution in [1.82, 2.24) is 19.9 Å². The van der Waals surface area contributed by atoms with E-state index >= 15 is 0 Å². The van der Waals surface area contributed by atoms with Gasteiger partial charge in [0.2, 0.25) is 17.8 Å². The molecular formula is C9H13N7. The molecule has 0 aliphatic heterocycles. The molecule has 0 aliphatic rings. The van der Waals surface area contributed by atoms with Gasteiger partial charge in [0.25, 0.3) is 0 Å². The fourth-order valence-corrected chi connectivity index (χ4v) is 1.46. The highest BCUT2D eigenvalue weighted by Crippen LogP contribution is 2.23. The molecule has 0 spiro atoms. The molecule has 0 radical (unpaired) electrons. The first-order valence-electron chi connectivity index (χ1n) is 4.72. The van der Waals surface area contributed by atoms with Gasteiger partial charge in [-0.25, -0.2) is 0 Å². The van der Waals surface area contributed by atoms with E-state index in [0.29, 0.717) is 5.95 Å². The Hall–Kier alpha value is -2.31. The van der Waals surface area contributed by atoms with Gasteiger partial charge in [0.1, 0.15) is 0 Å². The van der Waals surface area contributed by atoms with Gasteiger partial charge in [-0.3, -0.25) is 0 Å². The van der Waals surface area contributed by atoms with Crippen LogP contribution in [0.4, 0.5) is 23.5 Å². The van der Waals surface area contributed by atoms with E-state index in [1.54, 1.807) is 4.90 Å². The number of nitrogens with two attached hydrogens (primary N) is 2. The maximum Gasteiger partial charge on any atom is 0.236 e. The third kappa shape index (κ3) is 1.74. The monoisotopic (exact) mass is 219 g/mol. The second kappa shape index (κ2) is 3.69. The minimum Gasteiger partial charge on any atom is -0.368 e. The van der Waals surface area contributed by atoms with E-state index in [2.05, 4.69) is 19.9 Å². The average Bonchev–Trinajstić information content (AvgIpc) is 2.62. The Morgan fingerprint density at radius 1 is 1.19 bits per heavy atom. The summed E-state index contributed by atoms with van der Waals surface area (Å²) in [4.78, 5) is 16.6. The van der Waals surface area contributed by atoms with Crippen LogP contribution < -0.4 is 16.4 Å². The molecule has 84 valence electrons. The minimum absolute atomic E-state index is 0.113. The molecule has 0 atom stereocenters. The highest BCUT2D eigenvalue weighted by molar-refractivity contribution is 5.60. The van der Waals surface area contributed by atoms with E-state index in [4.69, 9.17) is 11.5 Å². The molecule has 0 saturated heterocycles. The lowest BCUT2D eigenvalue weighted by molar-refractivity contribution is 1.00. The molecule has 0 aromatic carbocycles. The van der Waals surface area contributed by atoms with E-state index in [1.165, 1.54) is 0 Å². The van der Waals surface area contributed by atoms with Crippen LogP contribution in [0.1, 0.15) is 5.69 Å². The van der Waals surface area contributed by atoms with Gasteiger partial charge in [0.15, 0.2) is 0 Å². The van der Waals surface area contributed by atoms with Crippen molar-refractivity contribution in [2.24, 2.45) is 0 Å². The summed E-state index contributed by atoms with van der Waals surface area (Å²) in [6, 6.07) is 1.92.